The number of hydrogen-bond acceptors (Lipinski definition) is 1. The van der Waals surface area contributed by atoms with Gasteiger partial charge < -0.3 is 5.73 Å². The van der Waals surface area contributed by atoms with Crippen LogP contribution in [0.2, 0.25) is 15.1 Å². The van der Waals surface area contributed by atoms with Crippen molar-refractivity contribution in [1.29, 1.82) is 0 Å². The smallest absolute Gasteiger partial charge is 0.383 e. The molecule has 0 radical (unpaired) electrons. The zero-order valence-corrected chi connectivity index (χ0v) is 16.8. The van der Waals surface area contributed by atoms with Gasteiger partial charge in [0, 0.05) is 12.1 Å². The molecule has 2 aromatic carbocycles. The van der Waals surface area contributed by atoms with Crippen molar-refractivity contribution >= 4 is 46.7 Å². The van der Waals surface area contributed by atoms with E-state index < -0.39 is 28.0 Å². The molecule has 0 spiro atoms. The Hall–Kier alpha value is -1.76. The van der Waals surface area contributed by atoms with Crippen LogP contribution < -0.4 is 5.73 Å². The van der Waals surface area contributed by atoms with Crippen molar-refractivity contribution in [1.82, 2.24) is 0 Å². The molecule has 0 heterocycles. The fraction of sp³-hybridized carbons (Fsp3) is 0.211. The summed E-state index contributed by atoms with van der Waals surface area (Å²) in [6.07, 6.45) is -2.45. The lowest BCUT2D eigenvalue weighted by Gasteiger charge is -2.18. The quantitative estimate of drug-likeness (QED) is 0.228. The Morgan fingerprint density at radius 1 is 1.11 bits per heavy atom. The molecule has 0 saturated carbocycles. The number of aliphatic imine (C=N–C) groups is 1. The van der Waals surface area contributed by atoms with Gasteiger partial charge in [-0.2, -0.15) is 13.2 Å². The molecule has 28 heavy (non-hydrogen) atoms. The van der Waals surface area contributed by atoms with Crippen LogP contribution in [0, 0.1) is 5.82 Å². The zero-order chi connectivity index (χ0) is 21.1. The van der Waals surface area contributed by atoms with E-state index in [1.165, 1.54) is 12.1 Å². The Morgan fingerprint density at radius 3 is 2.21 bits per heavy atom. The van der Waals surface area contributed by atoms with Crippen LogP contribution in [-0.2, 0) is 0 Å². The lowest BCUT2D eigenvalue weighted by Crippen LogP contribution is -2.19. The van der Waals surface area contributed by atoms with Gasteiger partial charge in [-0.3, -0.25) is 4.99 Å². The standard InChI is InChI=1S/C19H15Cl3F4N2/c1-2-28-18(27)12-5-3-10(7-14(12)20)4-6-13(19(24,25)26)11-8-15(21)17(23)16(22)9-11/h3-9,13H,2H2,1H3,(H2,27,28)/b6-4+. The van der Waals surface area contributed by atoms with Crippen molar-refractivity contribution in [2.24, 2.45) is 10.7 Å². The molecule has 2 N–H and O–H groups in total. The fourth-order valence-corrected chi connectivity index (χ4v) is 3.26. The minimum absolute atomic E-state index is 0.242. The summed E-state index contributed by atoms with van der Waals surface area (Å²) in [6, 6.07) is 6.43. The largest absolute Gasteiger partial charge is 0.399 e. The number of nitrogens with two attached hydrogens (primary N) is 1. The lowest BCUT2D eigenvalue weighted by molar-refractivity contribution is -0.139. The molecule has 0 bridgehead atoms. The molecule has 2 nitrogen and oxygen atoms in total. The maximum absolute atomic E-state index is 13.5. The first kappa shape index (κ1) is 22.5. The van der Waals surface area contributed by atoms with E-state index in [0.29, 0.717) is 17.7 Å². The molecule has 0 aliphatic heterocycles. The van der Waals surface area contributed by atoms with Gasteiger partial charge in [0.2, 0.25) is 0 Å². The number of hydrogen-bond donors (Lipinski definition) is 1. The van der Waals surface area contributed by atoms with Crippen molar-refractivity contribution in [2.75, 3.05) is 6.54 Å². The highest BCUT2D eigenvalue weighted by atomic mass is 35.5. The van der Waals surface area contributed by atoms with E-state index >= 15 is 0 Å². The zero-order valence-electron chi connectivity index (χ0n) is 14.5. The first-order chi connectivity index (χ1) is 13.0. The van der Waals surface area contributed by atoms with Gasteiger partial charge in [0.15, 0.2) is 5.82 Å². The first-order valence-corrected chi connectivity index (χ1v) is 9.17. The number of alkyl halides is 3. The maximum Gasteiger partial charge on any atom is 0.399 e. The Kier molecular flexibility index (Phi) is 7.37. The first-order valence-electron chi connectivity index (χ1n) is 8.03. The van der Waals surface area contributed by atoms with Gasteiger partial charge in [-0.05, 0) is 42.3 Å². The van der Waals surface area contributed by atoms with Gasteiger partial charge in [0.1, 0.15) is 5.84 Å². The summed E-state index contributed by atoms with van der Waals surface area (Å²) in [5.41, 5.74) is 6.43. The number of amidine groups is 1. The normalized spacial score (nSPS) is 13.9. The molecular formula is C19H15Cl3F4N2. The Bertz CT molecular complexity index is 901. The summed E-state index contributed by atoms with van der Waals surface area (Å²) in [4.78, 5) is 4.04. The summed E-state index contributed by atoms with van der Waals surface area (Å²) in [6.45, 7) is 2.28. The number of nitrogens with zero attached hydrogens (tertiary/aromatic N) is 1. The minimum atomic E-state index is -4.64. The molecule has 150 valence electrons. The van der Waals surface area contributed by atoms with E-state index in [1.807, 2.05) is 6.92 Å². The third-order valence-corrected chi connectivity index (χ3v) is 4.66. The third-order valence-electron chi connectivity index (χ3n) is 3.80. The lowest BCUT2D eigenvalue weighted by atomic mass is 9.96. The molecule has 1 atom stereocenters. The molecule has 2 aromatic rings. The molecule has 0 aliphatic carbocycles. The highest BCUT2D eigenvalue weighted by molar-refractivity contribution is 6.35. The summed E-state index contributed by atoms with van der Waals surface area (Å²) >= 11 is 17.4. The van der Waals surface area contributed by atoms with Gasteiger partial charge in [-0.25, -0.2) is 4.39 Å². The van der Waals surface area contributed by atoms with E-state index in [-0.39, 0.29) is 16.4 Å². The van der Waals surface area contributed by atoms with E-state index in [9.17, 15) is 17.6 Å². The van der Waals surface area contributed by atoms with Gasteiger partial charge in [-0.15, -0.1) is 0 Å². The van der Waals surface area contributed by atoms with Gasteiger partial charge in [-0.1, -0.05) is 53.0 Å². The molecule has 0 aliphatic rings. The van der Waals surface area contributed by atoms with Crippen molar-refractivity contribution in [3.63, 3.8) is 0 Å². The van der Waals surface area contributed by atoms with Crippen LogP contribution in [0.25, 0.3) is 6.08 Å². The highest BCUT2D eigenvalue weighted by Gasteiger charge is 2.39. The Balaban J connectivity index is 2.40. The SMILES string of the molecule is CCN=C(N)c1ccc(/C=C/C(c2cc(Cl)c(F)c(Cl)c2)C(F)(F)F)cc1Cl. The van der Waals surface area contributed by atoms with Crippen LogP contribution in [-0.4, -0.2) is 18.6 Å². The second-order valence-electron chi connectivity index (χ2n) is 5.78. The van der Waals surface area contributed by atoms with Crippen LogP contribution >= 0.6 is 34.8 Å². The van der Waals surface area contributed by atoms with Crippen LogP contribution in [0.15, 0.2) is 41.4 Å². The molecule has 9 heteroatoms. The predicted molar refractivity (Wildman–Crippen MR) is 107 cm³/mol. The summed E-state index contributed by atoms with van der Waals surface area (Å²) in [5, 5.41) is -0.709. The van der Waals surface area contributed by atoms with Gasteiger partial charge >= 0.3 is 6.18 Å². The molecule has 2 rings (SSSR count). The van der Waals surface area contributed by atoms with Crippen molar-refractivity contribution in [3.05, 3.63) is 74.0 Å². The average molecular weight is 454 g/mol. The van der Waals surface area contributed by atoms with E-state index in [0.717, 1.165) is 18.2 Å². The topological polar surface area (TPSA) is 38.4 Å². The second-order valence-corrected chi connectivity index (χ2v) is 7.00. The van der Waals surface area contributed by atoms with E-state index in [2.05, 4.69) is 4.99 Å². The molecule has 0 aromatic heterocycles. The predicted octanol–water partition coefficient (Wildman–Crippen LogP) is 6.87. The molecule has 0 saturated heterocycles. The van der Waals surface area contributed by atoms with Crippen molar-refractivity contribution in [3.8, 4) is 0 Å². The van der Waals surface area contributed by atoms with Gasteiger partial charge in [0.25, 0.3) is 0 Å². The number of rotatable bonds is 5. The third kappa shape index (κ3) is 5.40. The Morgan fingerprint density at radius 2 is 1.71 bits per heavy atom. The molecular weight excluding hydrogens is 439 g/mol. The monoisotopic (exact) mass is 452 g/mol. The molecule has 0 fully saturated rings. The minimum Gasteiger partial charge on any atom is -0.383 e. The highest BCUT2D eigenvalue weighted by Crippen LogP contribution is 2.39. The van der Waals surface area contributed by atoms with Crippen LogP contribution in [0.4, 0.5) is 17.6 Å². The maximum atomic E-state index is 13.5. The average Bonchev–Trinajstić information content (AvgIpc) is 2.58. The number of allylic oxidation sites excluding steroid dienone is 1. The van der Waals surface area contributed by atoms with Crippen molar-refractivity contribution in [2.45, 2.75) is 19.0 Å². The summed E-state index contributed by atoms with van der Waals surface area (Å²) in [5.74, 6) is -2.76. The van der Waals surface area contributed by atoms with Gasteiger partial charge in [0.05, 0.1) is 21.0 Å². The number of benzene rings is 2. The van der Waals surface area contributed by atoms with E-state index in [4.69, 9.17) is 40.5 Å². The van der Waals surface area contributed by atoms with Crippen LogP contribution in [0.1, 0.15) is 29.5 Å². The second kappa shape index (κ2) is 9.16. The fourth-order valence-electron chi connectivity index (χ4n) is 2.47. The van der Waals surface area contributed by atoms with Crippen LogP contribution in [0.3, 0.4) is 0 Å². The summed E-state index contributed by atoms with van der Waals surface area (Å²) < 4.78 is 54.1. The Labute approximate surface area is 174 Å². The molecule has 0 amide bonds. The number of halogens is 7. The molecule has 1 unspecified atom stereocenters. The summed E-state index contributed by atoms with van der Waals surface area (Å²) in [7, 11) is 0. The van der Waals surface area contributed by atoms with Crippen LogP contribution in [0.5, 0.6) is 0 Å². The van der Waals surface area contributed by atoms with Crippen molar-refractivity contribution < 1.29 is 17.6 Å². The van der Waals surface area contributed by atoms with E-state index in [1.54, 1.807) is 12.1 Å².